The van der Waals surface area contributed by atoms with E-state index >= 15 is 0 Å². The number of likely N-dealkylation sites (tertiary alicyclic amines) is 1. The first-order chi connectivity index (χ1) is 13.7. The van der Waals surface area contributed by atoms with Crippen molar-refractivity contribution in [3.8, 4) is 5.75 Å². The highest BCUT2D eigenvalue weighted by Crippen LogP contribution is 2.31. The number of nitrogens with zero attached hydrogens (tertiary/aromatic N) is 2. The lowest BCUT2D eigenvalue weighted by molar-refractivity contribution is 0.0914. The van der Waals surface area contributed by atoms with Crippen molar-refractivity contribution in [1.29, 1.82) is 0 Å². The standard InChI is InChI=1S/C23H28N2O3/c1-27-22-10-6-5-9-21(22)25-17-20(28-23(25)26)16-24-13-11-19(12-14-24)15-18-7-3-2-4-8-18/h2-10,19-20H,11-17H2,1H3. The number of hydrogen-bond acceptors (Lipinski definition) is 4. The van der Waals surface area contributed by atoms with Crippen molar-refractivity contribution in [2.24, 2.45) is 5.92 Å². The highest BCUT2D eigenvalue weighted by Gasteiger charge is 2.35. The lowest BCUT2D eigenvalue weighted by atomic mass is 9.90. The van der Waals surface area contributed by atoms with Crippen molar-refractivity contribution >= 4 is 11.8 Å². The van der Waals surface area contributed by atoms with Crippen LogP contribution in [0.3, 0.4) is 0 Å². The summed E-state index contributed by atoms with van der Waals surface area (Å²) < 4.78 is 11.0. The second kappa shape index (κ2) is 8.65. The fourth-order valence-electron chi connectivity index (χ4n) is 4.27. The predicted molar refractivity (Wildman–Crippen MR) is 110 cm³/mol. The van der Waals surface area contributed by atoms with Gasteiger partial charge < -0.3 is 9.47 Å². The maximum absolute atomic E-state index is 12.4. The van der Waals surface area contributed by atoms with Gasteiger partial charge in [0.2, 0.25) is 0 Å². The molecule has 148 valence electrons. The van der Waals surface area contributed by atoms with Crippen LogP contribution >= 0.6 is 0 Å². The average Bonchev–Trinajstić information content (AvgIpc) is 3.10. The van der Waals surface area contributed by atoms with Crippen molar-refractivity contribution in [2.75, 3.05) is 38.2 Å². The van der Waals surface area contributed by atoms with Gasteiger partial charge in [0.25, 0.3) is 0 Å². The molecule has 2 aromatic rings. The van der Waals surface area contributed by atoms with Crippen molar-refractivity contribution in [1.82, 2.24) is 4.90 Å². The fourth-order valence-corrected chi connectivity index (χ4v) is 4.27. The summed E-state index contributed by atoms with van der Waals surface area (Å²) in [5, 5.41) is 0. The van der Waals surface area contributed by atoms with E-state index in [4.69, 9.17) is 9.47 Å². The maximum Gasteiger partial charge on any atom is 0.414 e. The number of amides is 1. The Labute approximate surface area is 166 Å². The van der Waals surface area contributed by atoms with Gasteiger partial charge in [0.1, 0.15) is 11.9 Å². The Hall–Kier alpha value is -2.53. The van der Waals surface area contributed by atoms with E-state index in [1.165, 1.54) is 18.4 Å². The van der Waals surface area contributed by atoms with Crippen LogP contribution < -0.4 is 9.64 Å². The summed E-state index contributed by atoms with van der Waals surface area (Å²) in [6, 6.07) is 18.3. The van der Waals surface area contributed by atoms with Crippen molar-refractivity contribution < 1.29 is 14.3 Å². The van der Waals surface area contributed by atoms with Gasteiger partial charge in [-0.3, -0.25) is 9.80 Å². The number of benzene rings is 2. The van der Waals surface area contributed by atoms with Gasteiger partial charge in [0.05, 0.1) is 19.3 Å². The molecule has 2 saturated heterocycles. The molecule has 1 atom stereocenters. The molecule has 0 aliphatic carbocycles. The number of ether oxygens (including phenoxy) is 2. The largest absolute Gasteiger partial charge is 0.495 e. The molecule has 5 nitrogen and oxygen atoms in total. The second-order valence-electron chi connectivity index (χ2n) is 7.72. The normalized spacial score (nSPS) is 21.0. The summed E-state index contributed by atoms with van der Waals surface area (Å²) in [5.41, 5.74) is 2.21. The van der Waals surface area contributed by atoms with Gasteiger partial charge >= 0.3 is 6.09 Å². The molecule has 1 unspecified atom stereocenters. The van der Waals surface area contributed by atoms with E-state index in [9.17, 15) is 4.79 Å². The summed E-state index contributed by atoms with van der Waals surface area (Å²) in [4.78, 5) is 16.5. The third kappa shape index (κ3) is 4.30. The quantitative estimate of drug-likeness (QED) is 0.760. The molecule has 0 bridgehead atoms. The molecule has 0 N–H and O–H groups in total. The Bertz CT molecular complexity index is 787. The number of carbonyl (C=O) groups is 1. The zero-order valence-corrected chi connectivity index (χ0v) is 16.4. The minimum absolute atomic E-state index is 0.0944. The number of cyclic esters (lactones) is 1. The fraction of sp³-hybridized carbons (Fsp3) is 0.435. The third-order valence-corrected chi connectivity index (χ3v) is 5.79. The van der Waals surface area contributed by atoms with Crippen molar-refractivity contribution in [2.45, 2.75) is 25.4 Å². The van der Waals surface area contributed by atoms with Gasteiger partial charge in [-0.15, -0.1) is 0 Å². The van der Waals surface area contributed by atoms with Crippen LogP contribution in [0.15, 0.2) is 54.6 Å². The molecule has 2 aliphatic heterocycles. The molecular weight excluding hydrogens is 352 g/mol. The lowest BCUT2D eigenvalue weighted by Crippen LogP contribution is -2.40. The first kappa shape index (κ1) is 18.8. The van der Waals surface area contributed by atoms with Crippen LogP contribution in [0.1, 0.15) is 18.4 Å². The van der Waals surface area contributed by atoms with Crippen LogP contribution in [0, 0.1) is 5.92 Å². The van der Waals surface area contributed by atoms with Crippen molar-refractivity contribution in [3.63, 3.8) is 0 Å². The summed E-state index contributed by atoms with van der Waals surface area (Å²) in [6.45, 7) is 3.51. The van der Waals surface area contributed by atoms with Gasteiger partial charge in [0, 0.05) is 6.54 Å². The first-order valence-electron chi connectivity index (χ1n) is 10.1. The van der Waals surface area contributed by atoms with Crippen LogP contribution in [0.4, 0.5) is 10.5 Å². The van der Waals surface area contributed by atoms with E-state index in [1.54, 1.807) is 12.0 Å². The third-order valence-electron chi connectivity index (χ3n) is 5.79. The Kier molecular flexibility index (Phi) is 5.81. The minimum atomic E-state index is -0.284. The number of rotatable bonds is 6. The zero-order chi connectivity index (χ0) is 19.3. The maximum atomic E-state index is 12.4. The molecule has 2 aliphatic rings. The molecule has 0 radical (unpaired) electrons. The summed E-state index contributed by atoms with van der Waals surface area (Å²) >= 11 is 0. The molecule has 2 heterocycles. The molecule has 0 spiro atoms. The highest BCUT2D eigenvalue weighted by molar-refractivity contribution is 5.91. The molecule has 0 aromatic heterocycles. The topological polar surface area (TPSA) is 42.0 Å². The number of anilines is 1. The molecular formula is C23H28N2O3. The van der Waals surface area contributed by atoms with Gasteiger partial charge in [-0.05, 0) is 56.0 Å². The lowest BCUT2D eigenvalue weighted by Gasteiger charge is -2.33. The number of carbonyl (C=O) groups excluding carboxylic acids is 1. The van der Waals surface area contributed by atoms with Crippen LogP contribution in [0.2, 0.25) is 0 Å². The molecule has 2 aromatic carbocycles. The van der Waals surface area contributed by atoms with Crippen LogP contribution in [-0.2, 0) is 11.2 Å². The average molecular weight is 380 g/mol. The predicted octanol–water partition coefficient (Wildman–Crippen LogP) is 3.98. The Balaban J connectivity index is 1.28. The highest BCUT2D eigenvalue weighted by atomic mass is 16.6. The summed E-state index contributed by atoms with van der Waals surface area (Å²) in [7, 11) is 1.62. The van der Waals surface area contributed by atoms with Crippen molar-refractivity contribution in [3.05, 3.63) is 60.2 Å². The Morgan fingerprint density at radius 2 is 1.75 bits per heavy atom. The second-order valence-corrected chi connectivity index (χ2v) is 7.72. The number of hydrogen-bond donors (Lipinski definition) is 0. The van der Waals surface area contributed by atoms with E-state index in [2.05, 4.69) is 35.2 Å². The van der Waals surface area contributed by atoms with Crippen LogP contribution in [-0.4, -0.2) is 50.4 Å². The Morgan fingerprint density at radius 3 is 2.50 bits per heavy atom. The smallest absolute Gasteiger partial charge is 0.414 e. The van der Waals surface area contributed by atoms with Crippen LogP contribution in [0.5, 0.6) is 5.75 Å². The monoisotopic (exact) mass is 380 g/mol. The molecule has 2 fully saturated rings. The van der Waals surface area contributed by atoms with Gasteiger partial charge in [-0.2, -0.15) is 0 Å². The number of piperidine rings is 1. The summed E-state index contributed by atoms with van der Waals surface area (Å²) in [5.74, 6) is 1.44. The van der Waals surface area contributed by atoms with E-state index in [-0.39, 0.29) is 12.2 Å². The summed E-state index contributed by atoms with van der Waals surface area (Å²) in [6.07, 6.45) is 3.18. The number of methoxy groups -OCH3 is 1. The SMILES string of the molecule is COc1ccccc1N1CC(CN2CCC(Cc3ccccc3)CC2)OC1=O. The van der Waals surface area contributed by atoms with Gasteiger partial charge in [0.15, 0.2) is 0 Å². The Morgan fingerprint density at radius 1 is 1.04 bits per heavy atom. The van der Waals surface area contributed by atoms with E-state index in [1.807, 2.05) is 24.3 Å². The van der Waals surface area contributed by atoms with E-state index in [0.29, 0.717) is 12.3 Å². The van der Waals surface area contributed by atoms with E-state index in [0.717, 1.165) is 37.7 Å². The molecule has 5 heteroatoms. The molecule has 28 heavy (non-hydrogen) atoms. The minimum Gasteiger partial charge on any atom is -0.495 e. The molecule has 0 saturated carbocycles. The van der Waals surface area contributed by atoms with E-state index < -0.39 is 0 Å². The van der Waals surface area contributed by atoms with Crippen LogP contribution in [0.25, 0.3) is 0 Å². The number of para-hydroxylation sites is 2. The van der Waals surface area contributed by atoms with Gasteiger partial charge in [-0.1, -0.05) is 42.5 Å². The molecule has 1 amide bonds. The first-order valence-corrected chi connectivity index (χ1v) is 10.1. The zero-order valence-electron chi connectivity index (χ0n) is 16.4. The molecule has 4 rings (SSSR count). The van der Waals surface area contributed by atoms with Gasteiger partial charge in [-0.25, -0.2) is 4.79 Å².